The number of halogens is 2. The van der Waals surface area contributed by atoms with Crippen LogP contribution >= 0.6 is 34.5 Å². The van der Waals surface area contributed by atoms with Crippen LogP contribution in [-0.4, -0.2) is 30.9 Å². The molecule has 1 aliphatic heterocycles. The van der Waals surface area contributed by atoms with Crippen molar-refractivity contribution in [2.45, 2.75) is 26.5 Å². The lowest BCUT2D eigenvalue weighted by Crippen LogP contribution is -2.39. The van der Waals surface area contributed by atoms with Gasteiger partial charge in [0.1, 0.15) is 12.4 Å². The fraction of sp³-hybridized carbons (Fsp3) is 0.219. The molecule has 1 aliphatic rings. The van der Waals surface area contributed by atoms with Gasteiger partial charge in [0.15, 0.2) is 16.3 Å². The Morgan fingerprint density at radius 1 is 1.00 bits per heavy atom. The molecule has 0 N–H and O–H groups in total. The van der Waals surface area contributed by atoms with Crippen LogP contribution in [-0.2, 0) is 16.1 Å². The van der Waals surface area contributed by atoms with Crippen molar-refractivity contribution in [1.29, 1.82) is 0 Å². The fourth-order valence-electron chi connectivity index (χ4n) is 4.63. The first-order chi connectivity index (χ1) is 20.8. The molecular formula is C32H28Cl2N2O6S. The number of nitrogens with zero attached hydrogens (tertiary/aromatic N) is 2. The van der Waals surface area contributed by atoms with Crippen molar-refractivity contribution in [3.63, 3.8) is 0 Å². The molecule has 0 unspecified atom stereocenters. The van der Waals surface area contributed by atoms with E-state index < -0.39 is 12.0 Å². The molecule has 0 radical (unpaired) electrons. The molecule has 0 spiro atoms. The van der Waals surface area contributed by atoms with Gasteiger partial charge in [0.2, 0.25) is 0 Å². The summed E-state index contributed by atoms with van der Waals surface area (Å²) in [4.78, 5) is 31.6. The summed E-state index contributed by atoms with van der Waals surface area (Å²) in [6.07, 6.45) is 3.23. The minimum Gasteiger partial charge on any atom is -0.490 e. The van der Waals surface area contributed by atoms with Crippen molar-refractivity contribution < 1.29 is 23.7 Å². The Hall–Kier alpha value is -4.05. The van der Waals surface area contributed by atoms with E-state index in [1.807, 2.05) is 50.2 Å². The van der Waals surface area contributed by atoms with Crippen LogP contribution in [0.15, 0.2) is 82.2 Å². The van der Waals surface area contributed by atoms with Crippen molar-refractivity contribution in [3.05, 3.63) is 119 Å². The Labute approximate surface area is 262 Å². The van der Waals surface area contributed by atoms with Crippen LogP contribution in [0.3, 0.4) is 0 Å². The van der Waals surface area contributed by atoms with Crippen molar-refractivity contribution in [1.82, 2.24) is 4.57 Å². The van der Waals surface area contributed by atoms with Crippen molar-refractivity contribution in [3.8, 4) is 17.2 Å². The van der Waals surface area contributed by atoms with Crippen molar-refractivity contribution in [2.24, 2.45) is 4.99 Å². The monoisotopic (exact) mass is 638 g/mol. The summed E-state index contributed by atoms with van der Waals surface area (Å²) in [6.45, 7) is 4.89. The largest absolute Gasteiger partial charge is 0.490 e. The van der Waals surface area contributed by atoms with Crippen LogP contribution in [0.25, 0.3) is 6.08 Å². The first-order valence-corrected chi connectivity index (χ1v) is 15.1. The number of benzene rings is 3. The number of carbonyl (C=O) groups is 1. The molecular weight excluding hydrogens is 611 g/mol. The Morgan fingerprint density at radius 3 is 2.53 bits per heavy atom. The molecule has 11 heteroatoms. The number of methoxy groups -OCH3 is 1. The van der Waals surface area contributed by atoms with E-state index in [1.165, 1.54) is 29.2 Å². The lowest BCUT2D eigenvalue weighted by Gasteiger charge is -2.23. The lowest BCUT2D eigenvalue weighted by molar-refractivity contribution is -0.136. The van der Waals surface area contributed by atoms with Gasteiger partial charge in [-0.05, 0) is 67.4 Å². The number of rotatable bonds is 10. The van der Waals surface area contributed by atoms with Gasteiger partial charge < -0.3 is 18.9 Å². The quantitative estimate of drug-likeness (QED) is 0.207. The summed E-state index contributed by atoms with van der Waals surface area (Å²) in [5, 5.41) is 1.07. The fourth-order valence-corrected chi connectivity index (χ4v) is 6.07. The first kappa shape index (κ1) is 30.4. The summed E-state index contributed by atoms with van der Waals surface area (Å²) in [5.74, 6) is 1.11. The molecule has 1 atom stereocenters. The smallest absolute Gasteiger partial charge is 0.337 e. The normalized spacial score (nSPS) is 14.4. The molecule has 8 nitrogen and oxygen atoms in total. The highest BCUT2D eigenvalue weighted by molar-refractivity contribution is 7.07. The molecule has 0 bridgehead atoms. The second kappa shape index (κ2) is 13.5. The first-order valence-electron chi connectivity index (χ1n) is 13.5. The molecule has 222 valence electrons. The highest BCUT2D eigenvalue weighted by atomic mass is 35.5. The Bertz CT molecular complexity index is 1880. The summed E-state index contributed by atoms with van der Waals surface area (Å²) in [6, 6.07) is 17.2. The molecule has 2 heterocycles. The molecule has 4 aromatic rings. The van der Waals surface area contributed by atoms with Gasteiger partial charge in [0.05, 0.1) is 36.5 Å². The molecule has 0 aliphatic carbocycles. The topological polar surface area (TPSA) is 88.4 Å². The zero-order chi connectivity index (χ0) is 30.5. The SMILES string of the molecule is CCOc1ccc([C@H]2C(C(=O)OC)=CN=c3s/c(=C/c4cccc(OCc5ccc(Cl)cc5Cl)c4)c(=O)n32)cc1OCC. The van der Waals surface area contributed by atoms with Crippen LogP contribution < -0.4 is 29.1 Å². The van der Waals surface area contributed by atoms with E-state index >= 15 is 0 Å². The second-order valence-electron chi connectivity index (χ2n) is 9.35. The van der Waals surface area contributed by atoms with Crippen molar-refractivity contribution >= 4 is 46.6 Å². The minimum atomic E-state index is -0.778. The maximum Gasteiger partial charge on any atom is 0.337 e. The van der Waals surface area contributed by atoms with E-state index in [4.69, 9.17) is 42.1 Å². The Balaban J connectivity index is 1.52. The molecule has 0 saturated carbocycles. The van der Waals surface area contributed by atoms with Gasteiger partial charge >= 0.3 is 5.97 Å². The number of hydrogen-bond donors (Lipinski definition) is 0. The number of ether oxygens (including phenoxy) is 4. The third-order valence-corrected chi connectivity index (χ3v) is 8.16. The number of fused-ring (bicyclic) bond motifs is 1. The Morgan fingerprint density at radius 2 is 1.79 bits per heavy atom. The average Bonchev–Trinajstić information content (AvgIpc) is 3.31. The molecule has 43 heavy (non-hydrogen) atoms. The summed E-state index contributed by atoms with van der Waals surface area (Å²) in [7, 11) is 1.30. The number of thiazole rings is 1. The van der Waals surface area contributed by atoms with Gasteiger partial charge in [0, 0.05) is 21.8 Å². The molecule has 5 rings (SSSR count). The molecule has 0 fully saturated rings. The van der Waals surface area contributed by atoms with E-state index in [1.54, 1.807) is 30.3 Å². The lowest BCUT2D eigenvalue weighted by atomic mass is 9.97. The van der Waals surface area contributed by atoms with E-state index in [0.29, 0.717) is 55.4 Å². The maximum atomic E-state index is 13.9. The summed E-state index contributed by atoms with van der Waals surface area (Å²) >= 11 is 13.5. The van der Waals surface area contributed by atoms with E-state index in [9.17, 15) is 9.59 Å². The minimum absolute atomic E-state index is 0.226. The second-order valence-corrected chi connectivity index (χ2v) is 11.2. The number of aromatic nitrogens is 1. The van der Waals surface area contributed by atoms with Gasteiger partial charge in [-0.1, -0.05) is 58.8 Å². The number of esters is 1. The van der Waals surface area contributed by atoms with Crippen LogP contribution in [0.2, 0.25) is 10.0 Å². The molecule has 3 aromatic carbocycles. The number of carbonyl (C=O) groups excluding carboxylic acids is 1. The predicted octanol–water partition coefficient (Wildman–Crippen LogP) is 5.70. The maximum absolute atomic E-state index is 13.9. The van der Waals surface area contributed by atoms with Crippen LogP contribution in [0, 0.1) is 0 Å². The molecule has 0 saturated heterocycles. The summed E-state index contributed by atoms with van der Waals surface area (Å²) in [5.41, 5.74) is 2.14. The van der Waals surface area contributed by atoms with Crippen molar-refractivity contribution in [2.75, 3.05) is 20.3 Å². The van der Waals surface area contributed by atoms with Gasteiger partial charge in [-0.25, -0.2) is 9.79 Å². The molecule has 0 amide bonds. The van der Waals surface area contributed by atoms with E-state index in [0.717, 1.165) is 11.1 Å². The number of hydrogen-bond acceptors (Lipinski definition) is 8. The van der Waals surface area contributed by atoms with Gasteiger partial charge in [-0.2, -0.15) is 0 Å². The van der Waals surface area contributed by atoms with Crippen LogP contribution in [0.5, 0.6) is 17.2 Å². The van der Waals surface area contributed by atoms with Crippen LogP contribution in [0.1, 0.15) is 36.6 Å². The Kier molecular flexibility index (Phi) is 9.55. The third kappa shape index (κ3) is 6.64. The standard InChI is InChI=1S/C32H28Cl2N2O6S/c1-4-40-26-12-10-20(15-27(26)41-5-2)29-24(31(38)39-3)17-35-32-36(29)30(37)28(43-32)14-19-7-6-8-23(13-19)42-18-21-9-11-22(33)16-25(21)34/h6-17,29H,4-5,18H2,1-3H3/b28-14+/t29-/m0/s1. The highest BCUT2D eigenvalue weighted by Gasteiger charge is 2.31. The average molecular weight is 640 g/mol. The van der Waals surface area contributed by atoms with E-state index in [-0.39, 0.29) is 17.7 Å². The zero-order valence-electron chi connectivity index (χ0n) is 23.6. The zero-order valence-corrected chi connectivity index (χ0v) is 26.0. The predicted molar refractivity (Wildman–Crippen MR) is 167 cm³/mol. The molecule has 1 aromatic heterocycles. The summed E-state index contributed by atoms with van der Waals surface area (Å²) < 4.78 is 24.5. The van der Waals surface area contributed by atoms with Gasteiger partial charge in [0.25, 0.3) is 5.56 Å². The third-order valence-electron chi connectivity index (χ3n) is 6.57. The highest BCUT2D eigenvalue weighted by Crippen LogP contribution is 2.35. The van der Waals surface area contributed by atoms with Gasteiger partial charge in [-0.3, -0.25) is 9.36 Å². The van der Waals surface area contributed by atoms with Gasteiger partial charge in [-0.15, -0.1) is 0 Å². The van der Waals surface area contributed by atoms with Crippen LogP contribution in [0.4, 0.5) is 0 Å². The van der Waals surface area contributed by atoms with E-state index in [2.05, 4.69) is 4.99 Å².